The molecular weight excluding hydrogens is 448 g/mol. The van der Waals surface area contributed by atoms with E-state index in [1.165, 1.54) is 12.0 Å². The fraction of sp³-hybridized carbons (Fsp3) is 0.192. The number of hydrogen-bond acceptors (Lipinski definition) is 6. The first-order valence-electron chi connectivity index (χ1n) is 11.2. The van der Waals surface area contributed by atoms with Crippen LogP contribution in [-0.4, -0.2) is 35.7 Å². The maximum Gasteiger partial charge on any atom is 0.346 e. The van der Waals surface area contributed by atoms with Crippen LogP contribution in [-0.2, 0) is 9.63 Å². The molecule has 35 heavy (non-hydrogen) atoms. The lowest BCUT2D eigenvalue weighted by Gasteiger charge is -2.23. The molecule has 1 fully saturated rings. The number of urea groups is 1. The summed E-state index contributed by atoms with van der Waals surface area (Å²) in [6.45, 7) is 1.85. The van der Waals surface area contributed by atoms with Gasteiger partial charge in [-0.3, -0.25) is 14.9 Å². The van der Waals surface area contributed by atoms with Gasteiger partial charge in [0.2, 0.25) is 5.91 Å². The molecule has 1 aliphatic rings. The lowest BCUT2D eigenvalue weighted by molar-refractivity contribution is -0.114. The van der Waals surface area contributed by atoms with Crippen LogP contribution in [0.4, 0.5) is 16.5 Å². The largest absolute Gasteiger partial charge is 0.495 e. The summed E-state index contributed by atoms with van der Waals surface area (Å²) in [6, 6.07) is 20.4. The third-order valence-corrected chi connectivity index (χ3v) is 5.74. The number of oxazole rings is 1. The van der Waals surface area contributed by atoms with E-state index in [4.69, 9.17) is 14.0 Å². The average Bonchev–Trinajstić information content (AvgIpc) is 3.50. The molecule has 2 heterocycles. The highest BCUT2D eigenvalue weighted by Gasteiger charge is 2.32. The van der Waals surface area contributed by atoms with Gasteiger partial charge in [0, 0.05) is 13.3 Å². The Morgan fingerprint density at radius 3 is 2.57 bits per heavy atom. The number of aromatic nitrogens is 1. The minimum atomic E-state index is -0.377. The van der Waals surface area contributed by atoms with Crippen molar-refractivity contribution in [2.45, 2.75) is 19.4 Å². The molecule has 0 saturated carbocycles. The zero-order valence-corrected chi connectivity index (χ0v) is 19.3. The molecule has 0 spiro atoms. The summed E-state index contributed by atoms with van der Waals surface area (Å²) in [5.74, 6) is 0.259. The summed E-state index contributed by atoms with van der Waals surface area (Å²) in [7, 11) is 1.55. The summed E-state index contributed by atoms with van der Waals surface area (Å²) in [5.41, 5.74) is 4.36. The Kier molecular flexibility index (Phi) is 6.07. The number of amides is 3. The van der Waals surface area contributed by atoms with Crippen LogP contribution in [0.5, 0.6) is 5.75 Å². The third kappa shape index (κ3) is 4.67. The van der Waals surface area contributed by atoms with Gasteiger partial charge in [-0.15, -0.1) is 0 Å². The van der Waals surface area contributed by atoms with E-state index in [2.05, 4.69) is 15.6 Å². The van der Waals surface area contributed by atoms with E-state index in [9.17, 15) is 9.59 Å². The molecular formula is C26H24N4O5. The molecule has 1 aromatic heterocycles. The number of hydroxylamine groups is 2. The summed E-state index contributed by atoms with van der Waals surface area (Å²) in [6.07, 6.45) is 0.715. The highest BCUT2D eigenvalue weighted by molar-refractivity contribution is 5.93. The fourth-order valence-electron chi connectivity index (χ4n) is 4.11. The Morgan fingerprint density at radius 1 is 1.03 bits per heavy atom. The smallest absolute Gasteiger partial charge is 0.346 e. The van der Waals surface area contributed by atoms with Gasteiger partial charge in [-0.05, 0) is 41.0 Å². The molecule has 3 amide bonds. The van der Waals surface area contributed by atoms with Crippen molar-refractivity contribution in [1.82, 2.24) is 10.0 Å². The van der Waals surface area contributed by atoms with Crippen LogP contribution in [0.1, 0.15) is 24.9 Å². The normalized spacial score (nSPS) is 15.3. The summed E-state index contributed by atoms with van der Waals surface area (Å²) >= 11 is 0. The molecule has 1 atom stereocenters. The minimum Gasteiger partial charge on any atom is -0.495 e. The summed E-state index contributed by atoms with van der Waals surface area (Å²) < 4.78 is 11.1. The maximum atomic E-state index is 13.2. The predicted molar refractivity (Wildman–Crippen MR) is 131 cm³/mol. The van der Waals surface area contributed by atoms with Gasteiger partial charge in [0.15, 0.2) is 5.58 Å². The molecule has 4 aromatic rings. The molecule has 0 bridgehead atoms. The zero-order valence-electron chi connectivity index (χ0n) is 19.3. The van der Waals surface area contributed by atoms with Crippen molar-refractivity contribution in [1.29, 1.82) is 0 Å². The van der Waals surface area contributed by atoms with Crippen LogP contribution in [0.25, 0.3) is 22.2 Å². The fourth-order valence-corrected chi connectivity index (χ4v) is 4.11. The summed E-state index contributed by atoms with van der Waals surface area (Å²) in [4.78, 5) is 34.4. The van der Waals surface area contributed by atoms with Crippen molar-refractivity contribution in [3.05, 3.63) is 72.3 Å². The van der Waals surface area contributed by atoms with Crippen LogP contribution in [0.2, 0.25) is 0 Å². The van der Waals surface area contributed by atoms with Crippen molar-refractivity contribution in [3.63, 3.8) is 0 Å². The number of anilines is 2. The van der Waals surface area contributed by atoms with Crippen molar-refractivity contribution in [2.24, 2.45) is 0 Å². The van der Waals surface area contributed by atoms with E-state index in [0.717, 1.165) is 16.7 Å². The highest BCUT2D eigenvalue weighted by Crippen LogP contribution is 2.35. The number of nitrogens with one attached hydrogen (secondary N) is 2. The molecule has 0 aliphatic carbocycles. The first-order valence-corrected chi connectivity index (χ1v) is 11.2. The molecule has 9 nitrogen and oxygen atoms in total. The number of nitrogens with zero attached hydrogens (tertiary/aromatic N) is 2. The Morgan fingerprint density at radius 2 is 1.80 bits per heavy atom. The number of methoxy groups -OCH3 is 1. The minimum absolute atomic E-state index is 0.144. The predicted octanol–water partition coefficient (Wildman–Crippen LogP) is 5.37. The second-order valence-electron chi connectivity index (χ2n) is 8.10. The lowest BCUT2D eigenvalue weighted by atomic mass is 10.0. The Balaban J connectivity index is 1.41. The number of rotatable bonds is 5. The zero-order chi connectivity index (χ0) is 24.4. The van der Waals surface area contributed by atoms with Gasteiger partial charge in [-0.25, -0.2) is 4.79 Å². The van der Waals surface area contributed by atoms with Crippen LogP contribution in [0.3, 0.4) is 0 Å². The number of carbonyl (C=O) groups excluding carboxylic acids is 2. The van der Waals surface area contributed by atoms with E-state index in [1.54, 1.807) is 13.2 Å². The standard InChI is InChI=1S/C26H24N4O5/c1-16(31)27-25-28-20-10-8-19(15-24(20)35-25)18-9-11-23(33-2)21(14-18)29-26(32)30-22(12-13-34-30)17-6-4-3-5-7-17/h3-11,14-15,22H,12-13H2,1-2H3,(H,29,32)(H,27,28,31)/t22-/m0/s1. The van der Waals surface area contributed by atoms with Gasteiger partial charge in [0.1, 0.15) is 11.3 Å². The number of ether oxygens (including phenoxy) is 1. The summed E-state index contributed by atoms with van der Waals surface area (Å²) in [5, 5.41) is 6.85. The molecule has 1 aliphatic heterocycles. The van der Waals surface area contributed by atoms with Gasteiger partial charge in [0.25, 0.3) is 0 Å². The van der Waals surface area contributed by atoms with Crippen LogP contribution >= 0.6 is 0 Å². The second-order valence-corrected chi connectivity index (χ2v) is 8.10. The van der Waals surface area contributed by atoms with E-state index >= 15 is 0 Å². The number of hydrogen-bond donors (Lipinski definition) is 2. The van der Waals surface area contributed by atoms with E-state index in [1.807, 2.05) is 60.7 Å². The van der Waals surface area contributed by atoms with Crippen molar-refractivity contribution >= 4 is 34.7 Å². The molecule has 3 aromatic carbocycles. The highest BCUT2D eigenvalue weighted by atomic mass is 16.7. The van der Waals surface area contributed by atoms with Gasteiger partial charge in [-0.2, -0.15) is 10.0 Å². The molecule has 2 N–H and O–H groups in total. The van der Waals surface area contributed by atoms with Crippen LogP contribution in [0.15, 0.2) is 71.1 Å². The van der Waals surface area contributed by atoms with Crippen molar-refractivity contribution in [2.75, 3.05) is 24.4 Å². The molecule has 178 valence electrons. The molecule has 0 unspecified atom stereocenters. The van der Waals surface area contributed by atoms with Gasteiger partial charge >= 0.3 is 12.0 Å². The number of carbonyl (C=O) groups is 2. The van der Waals surface area contributed by atoms with E-state index in [-0.39, 0.29) is 24.0 Å². The number of benzene rings is 3. The third-order valence-electron chi connectivity index (χ3n) is 5.74. The molecule has 9 heteroatoms. The van der Waals surface area contributed by atoms with Crippen LogP contribution in [0, 0.1) is 0 Å². The van der Waals surface area contributed by atoms with E-state index in [0.29, 0.717) is 35.6 Å². The Bertz CT molecular complexity index is 1390. The van der Waals surface area contributed by atoms with E-state index < -0.39 is 0 Å². The van der Waals surface area contributed by atoms with Gasteiger partial charge in [0.05, 0.1) is 25.4 Å². The SMILES string of the molecule is COc1ccc(-c2ccc3nc(NC(C)=O)oc3c2)cc1NC(=O)N1OCC[C@H]1c1ccccc1. The lowest BCUT2D eigenvalue weighted by Crippen LogP contribution is -2.33. The average molecular weight is 473 g/mol. The van der Waals surface area contributed by atoms with Crippen molar-refractivity contribution in [3.8, 4) is 16.9 Å². The first kappa shape index (κ1) is 22.4. The van der Waals surface area contributed by atoms with Gasteiger partial charge < -0.3 is 14.5 Å². The first-order chi connectivity index (χ1) is 17.0. The van der Waals surface area contributed by atoms with Crippen LogP contribution < -0.4 is 15.4 Å². The Hall–Kier alpha value is -4.37. The number of fused-ring (bicyclic) bond motifs is 1. The molecule has 0 radical (unpaired) electrons. The Labute approximate surface area is 201 Å². The molecule has 5 rings (SSSR count). The van der Waals surface area contributed by atoms with Crippen molar-refractivity contribution < 1.29 is 23.6 Å². The van der Waals surface area contributed by atoms with Gasteiger partial charge in [-0.1, -0.05) is 42.5 Å². The maximum absolute atomic E-state index is 13.2. The molecule has 1 saturated heterocycles. The quantitative estimate of drug-likeness (QED) is 0.404. The topological polar surface area (TPSA) is 106 Å². The second kappa shape index (κ2) is 9.47. The monoisotopic (exact) mass is 472 g/mol.